The maximum Gasteiger partial charge on any atom is 0.414 e. The molecule has 5 nitrogen and oxygen atoms in total. The second kappa shape index (κ2) is 5.57. The molecule has 1 fully saturated rings. The van der Waals surface area contributed by atoms with Crippen LogP contribution in [0.5, 0.6) is 0 Å². The molecule has 0 radical (unpaired) electrons. The molecule has 24 heavy (non-hydrogen) atoms. The summed E-state index contributed by atoms with van der Waals surface area (Å²) in [6.45, 7) is 10.1. The molecule has 2 aliphatic rings. The lowest BCUT2D eigenvalue weighted by Crippen LogP contribution is -2.38. The van der Waals surface area contributed by atoms with Crippen LogP contribution >= 0.6 is 0 Å². The Morgan fingerprint density at radius 1 is 1.33 bits per heavy atom. The SMILES string of the molecule is CC(C)(C)OC(=O)N1CC(C)(C)c2ncc(C(=O)CC3CC3)cc21. The van der Waals surface area contributed by atoms with E-state index in [2.05, 4.69) is 18.8 Å². The Hall–Kier alpha value is -1.91. The van der Waals surface area contributed by atoms with Gasteiger partial charge in [-0.3, -0.25) is 14.7 Å². The number of nitrogens with zero attached hydrogens (tertiary/aromatic N) is 2. The third-order valence-electron chi connectivity index (χ3n) is 4.46. The summed E-state index contributed by atoms with van der Waals surface area (Å²) >= 11 is 0. The summed E-state index contributed by atoms with van der Waals surface area (Å²) in [6.07, 6.45) is 4.13. The Morgan fingerprint density at radius 2 is 2.00 bits per heavy atom. The number of pyridine rings is 1. The van der Waals surface area contributed by atoms with Crippen LogP contribution in [0.4, 0.5) is 10.5 Å². The first-order valence-corrected chi connectivity index (χ1v) is 8.61. The van der Waals surface area contributed by atoms with Gasteiger partial charge in [-0.1, -0.05) is 13.8 Å². The highest BCUT2D eigenvalue weighted by molar-refractivity contribution is 5.99. The van der Waals surface area contributed by atoms with Gasteiger partial charge in [-0.15, -0.1) is 0 Å². The van der Waals surface area contributed by atoms with Gasteiger partial charge in [0.1, 0.15) is 5.60 Å². The molecule has 0 saturated heterocycles. The zero-order chi connectivity index (χ0) is 17.7. The zero-order valence-corrected chi connectivity index (χ0v) is 15.2. The van der Waals surface area contributed by atoms with Crippen molar-refractivity contribution in [1.82, 2.24) is 4.98 Å². The fraction of sp³-hybridized carbons (Fsp3) is 0.632. The van der Waals surface area contributed by atoms with Gasteiger partial charge < -0.3 is 4.74 Å². The Bertz CT molecular complexity index is 684. The normalized spacial score (nSPS) is 19.1. The van der Waals surface area contributed by atoms with Crippen LogP contribution in [0.3, 0.4) is 0 Å². The maximum atomic E-state index is 12.6. The van der Waals surface area contributed by atoms with E-state index in [9.17, 15) is 9.59 Å². The molecule has 1 saturated carbocycles. The average molecular weight is 330 g/mol. The van der Waals surface area contributed by atoms with Gasteiger partial charge in [-0.05, 0) is 45.6 Å². The standard InChI is InChI=1S/C19H26N2O3/c1-18(2,3)24-17(23)21-11-19(4,5)16-14(21)9-13(10-20-16)15(22)8-12-6-7-12/h9-10,12H,6-8,11H2,1-5H3. The summed E-state index contributed by atoms with van der Waals surface area (Å²) in [5.74, 6) is 0.644. The van der Waals surface area contributed by atoms with Crippen LogP contribution in [0.1, 0.15) is 69.9 Å². The highest BCUT2D eigenvalue weighted by Gasteiger charge is 2.41. The number of fused-ring (bicyclic) bond motifs is 1. The van der Waals surface area contributed by atoms with E-state index in [1.807, 2.05) is 26.8 Å². The molecule has 0 N–H and O–H groups in total. The summed E-state index contributed by atoms with van der Waals surface area (Å²) in [6, 6.07) is 1.81. The lowest BCUT2D eigenvalue weighted by atomic mass is 9.91. The molecular weight excluding hydrogens is 304 g/mol. The van der Waals surface area contributed by atoms with Crippen molar-refractivity contribution >= 4 is 17.6 Å². The number of anilines is 1. The second-order valence-electron chi connectivity index (χ2n) is 8.61. The van der Waals surface area contributed by atoms with E-state index in [0.29, 0.717) is 30.1 Å². The number of aromatic nitrogens is 1. The Kier molecular flexibility index (Phi) is 3.93. The summed E-state index contributed by atoms with van der Waals surface area (Å²) < 4.78 is 5.52. The van der Waals surface area contributed by atoms with Crippen molar-refractivity contribution in [2.75, 3.05) is 11.4 Å². The van der Waals surface area contributed by atoms with Gasteiger partial charge in [-0.2, -0.15) is 0 Å². The summed E-state index contributed by atoms with van der Waals surface area (Å²) in [4.78, 5) is 31.1. The van der Waals surface area contributed by atoms with Crippen molar-refractivity contribution in [3.05, 3.63) is 23.5 Å². The van der Waals surface area contributed by atoms with Gasteiger partial charge >= 0.3 is 6.09 Å². The van der Waals surface area contributed by atoms with Gasteiger partial charge in [0.15, 0.2) is 5.78 Å². The second-order valence-corrected chi connectivity index (χ2v) is 8.61. The summed E-state index contributed by atoms with van der Waals surface area (Å²) in [5, 5.41) is 0. The van der Waals surface area contributed by atoms with Crippen molar-refractivity contribution in [3.8, 4) is 0 Å². The Balaban J connectivity index is 1.90. The third kappa shape index (κ3) is 3.45. The number of rotatable bonds is 3. The molecule has 1 aromatic heterocycles. The topological polar surface area (TPSA) is 59.5 Å². The Labute approximate surface area is 143 Å². The van der Waals surface area contributed by atoms with E-state index in [4.69, 9.17) is 4.74 Å². The van der Waals surface area contributed by atoms with Gasteiger partial charge in [-0.25, -0.2) is 4.79 Å². The van der Waals surface area contributed by atoms with E-state index in [-0.39, 0.29) is 17.3 Å². The van der Waals surface area contributed by atoms with E-state index in [1.165, 1.54) is 0 Å². The lowest BCUT2D eigenvalue weighted by molar-refractivity contribution is 0.0579. The number of ether oxygens (including phenoxy) is 1. The number of Topliss-reactive ketones (excluding diaryl/α,β-unsaturated/α-hetero) is 1. The minimum atomic E-state index is -0.559. The molecule has 0 bridgehead atoms. The number of carbonyl (C=O) groups is 2. The van der Waals surface area contributed by atoms with E-state index < -0.39 is 5.60 Å². The molecule has 1 aromatic rings. The molecule has 0 atom stereocenters. The highest BCUT2D eigenvalue weighted by Crippen LogP contribution is 2.41. The largest absolute Gasteiger partial charge is 0.443 e. The summed E-state index contributed by atoms with van der Waals surface area (Å²) in [7, 11) is 0. The molecule has 1 amide bonds. The molecule has 130 valence electrons. The number of hydrogen-bond acceptors (Lipinski definition) is 4. The highest BCUT2D eigenvalue weighted by atomic mass is 16.6. The van der Waals surface area contributed by atoms with E-state index in [0.717, 1.165) is 18.5 Å². The first-order chi connectivity index (χ1) is 11.1. The fourth-order valence-corrected chi connectivity index (χ4v) is 3.07. The fourth-order valence-electron chi connectivity index (χ4n) is 3.07. The van der Waals surface area contributed by atoms with Gasteiger partial charge in [0, 0.05) is 30.1 Å². The molecule has 2 heterocycles. The number of amides is 1. The quantitative estimate of drug-likeness (QED) is 0.783. The Morgan fingerprint density at radius 3 is 2.58 bits per heavy atom. The molecule has 0 unspecified atom stereocenters. The van der Waals surface area contributed by atoms with Crippen LogP contribution in [-0.2, 0) is 10.2 Å². The monoisotopic (exact) mass is 330 g/mol. The lowest BCUT2D eigenvalue weighted by Gasteiger charge is -2.25. The first-order valence-electron chi connectivity index (χ1n) is 8.61. The molecule has 1 aliphatic heterocycles. The first kappa shape index (κ1) is 16.9. The smallest absolute Gasteiger partial charge is 0.414 e. The number of hydrogen-bond donors (Lipinski definition) is 0. The zero-order valence-electron chi connectivity index (χ0n) is 15.2. The summed E-state index contributed by atoms with van der Waals surface area (Å²) in [5.41, 5.74) is 1.32. The number of carbonyl (C=O) groups excluding carboxylic acids is 2. The minimum absolute atomic E-state index is 0.113. The molecule has 1 aliphatic carbocycles. The molecule has 5 heteroatoms. The molecular formula is C19H26N2O3. The van der Waals surface area contributed by atoms with Crippen LogP contribution < -0.4 is 4.90 Å². The predicted molar refractivity (Wildman–Crippen MR) is 92.5 cm³/mol. The minimum Gasteiger partial charge on any atom is -0.443 e. The van der Waals surface area contributed by atoms with Crippen molar-refractivity contribution in [2.24, 2.45) is 5.92 Å². The van der Waals surface area contributed by atoms with Crippen LogP contribution in [0.25, 0.3) is 0 Å². The molecule has 0 aromatic carbocycles. The van der Waals surface area contributed by atoms with Crippen molar-refractivity contribution < 1.29 is 14.3 Å². The van der Waals surface area contributed by atoms with Gasteiger partial charge in [0.2, 0.25) is 0 Å². The van der Waals surface area contributed by atoms with Gasteiger partial charge in [0.05, 0.1) is 11.4 Å². The van der Waals surface area contributed by atoms with Crippen molar-refractivity contribution in [3.63, 3.8) is 0 Å². The number of ketones is 1. The average Bonchev–Trinajstić information content (AvgIpc) is 3.21. The van der Waals surface area contributed by atoms with E-state index >= 15 is 0 Å². The third-order valence-corrected chi connectivity index (χ3v) is 4.46. The van der Waals surface area contributed by atoms with E-state index in [1.54, 1.807) is 11.1 Å². The van der Waals surface area contributed by atoms with Crippen molar-refractivity contribution in [2.45, 2.75) is 64.9 Å². The van der Waals surface area contributed by atoms with Crippen LogP contribution in [0.15, 0.2) is 12.3 Å². The van der Waals surface area contributed by atoms with Crippen LogP contribution in [-0.4, -0.2) is 29.0 Å². The molecule has 3 rings (SSSR count). The van der Waals surface area contributed by atoms with Crippen LogP contribution in [0.2, 0.25) is 0 Å². The van der Waals surface area contributed by atoms with Crippen molar-refractivity contribution in [1.29, 1.82) is 0 Å². The molecule has 0 spiro atoms. The van der Waals surface area contributed by atoms with Crippen LogP contribution in [0, 0.1) is 5.92 Å². The predicted octanol–water partition coefficient (Wildman–Crippen LogP) is 4.10. The maximum absolute atomic E-state index is 12.6. The van der Waals surface area contributed by atoms with Gasteiger partial charge in [0.25, 0.3) is 0 Å².